The van der Waals surface area contributed by atoms with Crippen LogP contribution in [0, 0.1) is 0 Å². The Morgan fingerprint density at radius 1 is 1.50 bits per heavy atom. The number of benzene rings is 1. The van der Waals surface area contributed by atoms with Crippen LogP contribution >= 0.6 is 0 Å². The topological polar surface area (TPSA) is 41.6 Å². The molecule has 2 rings (SSSR count). The summed E-state index contributed by atoms with van der Waals surface area (Å²) in [5.74, 6) is 0.995. The molecule has 1 atom stereocenters. The molecule has 0 radical (unpaired) electrons. The van der Waals surface area contributed by atoms with Crippen LogP contribution in [-0.4, -0.2) is 37.6 Å². The van der Waals surface area contributed by atoms with E-state index in [0.717, 1.165) is 30.7 Å². The smallest absolute Gasteiger partial charge is 0.239 e. The molecule has 18 heavy (non-hydrogen) atoms. The monoisotopic (exact) mass is 248 g/mol. The van der Waals surface area contributed by atoms with Gasteiger partial charge in [-0.2, -0.15) is 0 Å². The van der Waals surface area contributed by atoms with E-state index in [4.69, 9.17) is 4.74 Å². The predicted octanol–water partition coefficient (Wildman–Crippen LogP) is 1.41. The zero-order chi connectivity index (χ0) is 13.0. The summed E-state index contributed by atoms with van der Waals surface area (Å²) >= 11 is 0. The average molecular weight is 248 g/mol. The van der Waals surface area contributed by atoms with Crippen LogP contribution in [0.1, 0.15) is 18.4 Å². The number of nitrogens with one attached hydrogen (secondary N) is 1. The van der Waals surface area contributed by atoms with E-state index >= 15 is 0 Å². The number of likely N-dealkylation sites (N-methyl/N-ethyl adjacent to an activating group) is 1. The summed E-state index contributed by atoms with van der Waals surface area (Å²) in [4.78, 5) is 13.9. The molecule has 4 heteroatoms. The largest absolute Gasteiger partial charge is 0.496 e. The van der Waals surface area contributed by atoms with Gasteiger partial charge in [0.15, 0.2) is 0 Å². The third kappa shape index (κ3) is 2.82. The highest BCUT2D eigenvalue weighted by Gasteiger charge is 2.25. The van der Waals surface area contributed by atoms with Crippen LogP contribution in [0.5, 0.6) is 5.75 Å². The minimum Gasteiger partial charge on any atom is -0.496 e. The maximum Gasteiger partial charge on any atom is 0.239 e. The fourth-order valence-electron chi connectivity index (χ4n) is 2.33. The molecule has 1 aromatic carbocycles. The van der Waals surface area contributed by atoms with Crippen molar-refractivity contribution >= 4 is 5.91 Å². The van der Waals surface area contributed by atoms with Gasteiger partial charge in [-0.25, -0.2) is 0 Å². The maximum atomic E-state index is 12.2. The molecule has 1 N–H and O–H groups in total. The van der Waals surface area contributed by atoms with Gasteiger partial charge in [0, 0.05) is 19.2 Å². The Bertz CT molecular complexity index is 414. The number of para-hydroxylation sites is 1. The summed E-state index contributed by atoms with van der Waals surface area (Å²) in [5.41, 5.74) is 1.04. The second-order valence-corrected chi connectivity index (χ2v) is 4.66. The van der Waals surface area contributed by atoms with Gasteiger partial charge in [-0.3, -0.25) is 4.79 Å². The molecular weight excluding hydrogens is 228 g/mol. The SMILES string of the molecule is COc1ccccc1CN(C)C(=O)[C@@H]1CCCN1. The number of hydrogen-bond donors (Lipinski definition) is 1. The minimum absolute atomic E-state index is 0.00953. The molecule has 1 aliphatic rings. The van der Waals surface area contributed by atoms with Gasteiger partial charge in [0.25, 0.3) is 0 Å². The van der Waals surface area contributed by atoms with Crippen LogP contribution in [0.2, 0.25) is 0 Å². The third-order valence-electron chi connectivity index (χ3n) is 3.33. The van der Waals surface area contributed by atoms with Gasteiger partial charge in [0.2, 0.25) is 5.91 Å². The lowest BCUT2D eigenvalue weighted by molar-refractivity contribution is -0.132. The van der Waals surface area contributed by atoms with Crippen molar-refractivity contribution in [2.75, 3.05) is 20.7 Å². The Hall–Kier alpha value is -1.55. The summed E-state index contributed by atoms with van der Waals surface area (Å²) in [6.45, 7) is 1.53. The molecule has 0 bridgehead atoms. The molecule has 98 valence electrons. The molecule has 0 unspecified atom stereocenters. The predicted molar refractivity (Wildman–Crippen MR) is 70.5 cm³/mol. The molecule has 1 heterocycles. The molecule has 0 spiro atoms. The fourth-order valence-corrected chi connectivity index (χ4v) is 2.33. The summed E-state index contributed by atoms with van der Waals surface area (Å²) in [5, 5.41) is 3.23. The number of ether oxygens (including phenoxy) is 1. The lowest BCUT2D eigenvalue weighted by Crippen LogP contribution is -2.41. The molecule has 0 saturated carbocycles. The van der Waals surface area contributed by atoms with Gasteiger partial charge in [0.1, 0.15) is 5.75 Å². The Balaban J connectivity index is 2.01. The van der Waals surface area contributed by atoms with Crippen molar-refractivity contribution in [3.05, 3.63) is 29.8 Å². The molecule has 1 amide bonds. The van der Waals surface area contributed by atoms with Gasteiger partial charge in [-0.15, -0.1) is 0 Å². The Morgan fingerprint density at radius 3 is 2.94 bits per heavy atom. The normalized spacial score (nSPS) is 18.7. The van der Waals surface area contributed by atoms with Crippen LogP contribution < -0.4 is 10.1 Å². The van der Waals surface area contributed by atoms with Crippen molar-refractivity contribution in [3.63, 3.8) is 0 Å². The Kier molecular flexibility index (Phi) is 4.20. The van der Waals surface area contributed by atoms with Crippen molar-refractivity contribution in [2.24, 2.45) is 0 Å². The Morgan fingerprint density at radius 2 is 2.28 bits per heavy atom. The van der Waals surface area contributed by atoms with E-state index in [1.165, 1.54) is 0 Å². The number of amides is 1. The van der Waals surface area contributed by atoms with E-state index in [9.17, 15) is 4.79 Å². The molecule has 0 aliphatic carbocycles. The second kappa shape index (κ2) is 5.87. The third-order valence-corrected chi connectivity index (χ3v) is 3.33. The highest BCUT2D eigenvalue weighted by Crippen LogP contribution is 2.19. The molecule has 1 fully saturated rings. The molecule has 1 aromatic rings. The highest BCUT2D eigenvalue weighted by molar-refractivity contribution is 5.82. The number of hydrogen-bond acceptors (Lipinski definition) is 3. The molecule has 1 saturated heterocycles. The summed E-state index contributed by atoms with van der Waals surface area (Å²) in [7, 11) is 3.49. The van der Waals surface area contributed by atoms with E-state index in [1.54, 1.807) is 12.0 Å². The quantitative estimate of drug-likeness (QED) is 0.876. The van der Waals surface area contributed by atoms with E-state index < -0.39 is 0 Å². The van der Waals surface area contributed by atoms with E-state index in [-0.39, 0.29) is 11.9 Å². The van der Waals surface area contributed by atoms with Crippen LogP contribution in [-0.2, 0) is 11.3 Å². The first kappa shape index (κ1) is 12.9. The first-order valence-corrected chi connectivity index (χ1v) is 6.32. The minimum atomic E-state index is -0.00953. The van der Waals surface area contributed by atoms with Gasteiger partial charge >= 0.3 is 0 Å². The summed E-state index contributed by atoms with van der Waals surface area (Å²) < 4.78 is 5.30. The van der Waals surface area contributed by atoms with Crippen LogP contribution in [0.4, 0.5) is 0 Å². The van der Waals surface area contributed by atoms with E-state index in [0.29, 0.717) is 6.54 Å². The number of carbonyl (C=O) groups excluding carboxylic acids is 1. The van der Waals surface area contributed by atoms with Gasteiger partial charge in [-0.1, -0.05) is 18.2 Å². The van der Waals surface area contributed by atoms with Gasteiger partial charge < -0.3 is 15.0 Å². The van der Waals surface area contributed by atoms with Gasteiger partial charge in [-0.05, 0) is 25.5 Å². The van der Waals surface area contributed by atoms with Crippen molar-refractivity contribution in [1.82, 2.24) is 10.2 Å². The number of methoxy groups -OCH3 is 1. The van der Waals surface area contributed by atoms with Gasteiger partial charge in [0.05, 0.1) is 13.2 Å². The van der Waals surface area contributed by atoms with E-state index in [1.807, 2.05) is 31.3 Å². The molecule has 4 nitrogen and oxygen atoms in total. The number of nitrogens with zero attached hydrogens (tertiary/aromatic N) is 1. The Labute approximate surface area is 108 Å². The zero-order valence-electron chi connectivity index (χ0n) is 11.0. The zero-order valence-corrected chi connectivity index (χ0v) is 11.0. The first-order valence-electron chi connectivity index (χ1n) is 6.32. The van der Waals surface area contributed by atoms with Crippen LogP contribution in [0.25, 0.3) is 0 Å². The average Bonchev–Trinajstić information content (AvgIpc) is 2.92. The van der Waals surface area contributed by atoms with Crippen molar-refractivity contribution in [1.29, 1.82) is 0 Å². The lowest BCUT2D eigenvalue weighted by Gasteiger charge is -2.22. The summed E-state index contributed by atoms with van der Waals surface area (Å²) in [6.07, 6.45) is 2.02. The number of rotatable bonds is 4. The second-order valence-electron chi connectivity index (χ2n) is 4.66. The standard InChI is InChI=1S/C14H20N2O2/c1-16(14(17)12-7-5-9-15-12)10-11-6-3-4-8-13(11)18-2/h3-4,6,8,12,15H,5,7,9-10H2,1-2H3/t12-/m0/s1. The highest BCUT2D eigenvalue weighted by atomic mass is 16.5. The first-order chi connectivity index (χ1) is 8.72. The van der Waals surface area contributed by atoms with Crippen molar-refractivity contribution < 1.29 is 9.53 Å². The molecular formula is C14H20N2O2. The van der Waals surface area contributed by atoms with Crippen LogP contribution in [0.3, 0.4) is 0 Å². The number of carbonyl (C=O) groups is 1. The molecule has 0 aromatic heterocycles. The lowest BCUT2D eigenvalue weighted by atomic mass is 10.1. The molecule has 1 aliphatic heterocycles. The van der Waals surface area contributed by atoms with E-state index in [2.05, 4.69) is 5.32 Å². The van der Waals surface area contributed by atoms with Crippen molar-refractivity contribution in [3.8, 4) is 5.75 Å². The van der Waals surface area contributed by atoms with Crippen molar-refractivity contribution in [2.45, 2.75) is 25.4 Å². The van der Waals surface area contributed by atoms with Crippen LogP contribution in [0.15, 0.2) is 24.3 Å². The fraction of sp³-hybridized carbons (Fsp3) is 0.500. The summed E-state index contributed by atoms with van der Waals surface area (Å²) in [6, 6.07) is 7.79. The maximum absolute atomic E-state index is 12.2.